The van der Waals surface area contributed by atoms with Crippen molar-refractivity contribution in [2.24, 2.45) is 4.99 Å². The van der Waals surface area contributed by atoms with Gasteiger partial charge in [-0.2, -0.15) is 5.10 Å². The third kappa shape index (κ3) is 6.07. The molecular formula is C27H29N7. The number of nitrogens with one attached hydrogen (secondary N) is 2. The Morgan fingerprint density at radius 1 is 0.971 bits per heavy atom. The Morgan fingerprint density at radius 3 is 2.62 bits per heavy atom. The molecule has 0 spiro atoms. The average molecular weight is 452 g/mol. The Kier molecular flexibility index (Phi) is 7.65. The molecule has 0 saturated heterocycles. The first-order chi connectivity index (χ1) is 16.6. The standard InChI is InChI=1S/C27H29N7/c1-19(2)21-14-27(34-31-18-21)33-26-11-10-24-25(32-26)13-22(17-30-24)23(15-28)16-29-12-6-9-20-7-4-3-5-8-20/h3-5,7-8,10-11,13-19,23,28H,6,9,12H2,1-2H3,(H,32,33,34). The zero-order valence-corrected chi connectivity index (χ0v) is 19.5. The number of hydrogen-bond donors (Lipinski definition) is 2. The number of nitrogens with zero attached hydrogens (tertiary/aromatic N) is 5. The normalized spacial score (nSPS) is 12.3. The average Bonchev–Trinajstić information content (AvgIpc) is 2.86. The van der Waals surface area contributed by atoms with Crippen LogP contribution in [-0.2, 0) is 6.42 Å². The summed E-state index contributed by atoms with van der Waals surface area (Å²) in [6.07, 6.45) is 8.75. The molecule has 7 nitrogen and oxygen atoms in total. The summed E-state index contributed by atoms with van der Waals surface area (Å²) in [4.78, 5) is 13.8. The minimum atomic E-state index is -0.236. The van der Waals surface area contributed by atoms with Gasteiger partial charge in [0.2, 0.25) is 0 Å². The van der Waals surface area contributed by atoms with Crippen molar-refractivity contribution in [3.63, 3.8) is 0 Å². The highest BCUT2D eigenvalue weighted by atomic mass is 15.2. The Balaban J connectivity index is 1.44. The smallest absolute Gasteiger partial charge is 0.154 e. The molecule has 34 heavy (non-hydrogen) atoms. The van der Waals surface area contributed by atoms with Crippen molar-refractivity contribution in [2.75, 3.05) is 11.9 Å². The van der Waals surface area contributed by atoms with Crippen LogP contribution in [0.4, 0.5) is 11.6 Å². The molecule has 0 amide bonds. The number of hydrogen-bond acceptors (Lipinski definition) is 7. The van der Waals surface area contributed by atoms with Crippen molar-refractivity contribution in [3.05, 3.63) is 83.7 Å². The molecule has 0 aliphatic rings. The molecule has 0 radical (unpaired) electrons. The highest BCUT2D eigenvalue weighted by Gasteiger charge is 2.10. The van der Waals surface area contributed by atoms with Crippen LogP contribution in [-0.4, -0.2) is 39.1 Å². The molecule has 3 heterocycles. The number of aromatic nitrogens is 4. The zero-order valence-electron chi connectivity index (χ0n) is 19.5. The summed E-state index contributed by atoms with van der Waals surface area (Å²) < 4.78 is 0. The topological polar surface area (TPSA) is 99.8 Å². The van der Waals surface area contributed by atoms with E-state index < -0.39 is 0 Å². The second kappa shape index (κ2) is 11.2. The van der Waals surface area contributed by atoms with E-state index in [0.29, 0.717) is 17.6 Å². The summed E-state index contributed by atoms with van der Waals surface area (Å²) in [7, 11) is 0. The number of pyridine rings is 2. The molecule has 0 fully saturated rings. The molecule has 172 valence electrons. The Morgan fingerprint density at radius 2 is 1.82 bits per heavy atom. The summed E-state index contributed by atoms with van der Waals surface area (Å²) in [6.45, 7) is 4.96. The van der Waals surface area contributed by atoms with Gasteiger partial charge in [-0.3, -0.25) is 9.98 Å². The van der Waals surface area contributed by atoms with Crippen LogP contribution in [0.3, 0.4) is 0 Å². The van der Waals surface area contributed by atoms with Crippen LogP contribution in [0.25, 0.3) is 11.0 Å². The molecule has 0 aliphatic heterocycles. The highest BCUT2D eigenvalue weighted by Crippen LogP contribution is 2.21. The number of benzene rings is 1. The minimum absolute atomic E-state index is 0.236. The first-order valence-electron chi connectivity index (χ1n) is 11.5. The first-order valence-corrected chi connectivity index (χ1v) is 11.5. The molecule has 2 N–H and O–H groups in total. The highest BCUT2D eigenvalue weighted by molar-refractivity contribution is 5.90. The van der Waals surface area contributed by atoms with Gasteiger partial charge in [-0.15, -0.1) is 5.10 Å². The molecule has 1 unspecified atom stereocenters. The number of rotatable bonds is 10. The molecule has 4 rings (SSSR count). The second-order valence-electron chi connectivity index (χ2n) is 8.49. The summed E-state index contributed by atoms with van der Waals surface area (Å²) >= 11 is 0. The minimum Gasteiger partial charge on any atom is -0.323 e. The van der Waals surface area contributed by atoms with Crippen molar-refractivity contribution in [2.45, 2.75) is 38.5 Å². The molecular weight excluding hydrogens is 422 g/mol. The fraction of sp³-hybridized carbons (Fsp3) is 0.259. The fourth-order valence-electron chi connectivity index (χ4n) is 3.60. The van der Waals surface area contributed by atoms with Gasteiger partial charge in [-0.1, -0.05) is 44.2 Å². The molecule has 4 aromatic rings. The SMILES string of the molecule is CC(C)c1cnnc(Nc2ccc3ncc(C(C=N)C=NCCCc4ccccc4)cc3n2)c1. The van der Waals surface area contributed by atoms with Gasteiger partial charge in [0.05, 0.1) is 23.1 Å². The lowest BCUT2D eigenvalue weighted by Gasteiger charge is -2.10. The molecule has 0 saturated carbocycles. The van der Waals surface area contributed by atoms with Crippen LogP contribution in [0.1, 0.15) is 48.8 Å². The van der Waals surface area contributed by atoms with Gasteiger partial charge in [0.15, 0.2) is 5.82 Å². The number of fused-ring (bicyclic) bond motifs is 1. The lowest BCUT2D eigenvalue weighted by atomic mass is 10.0. The third-order valence-corrected chi connectivity index (χ3v) is 5.58. The number of anilines is 2. The van der Waals surface area contributed by atoms with Gasteiger partial charge in [0, 0.05) is 25.2 Å². The van der Waals surface area contributed by atoms with Crippen LogP contribution in [0.15, 0.2) is 72.0 Å². The third-order valence-electron chi connectivity index (χ3n) is 5.58. The maximum atomic E-state index is 7.87. The Labute approximate surface area is 199 Å². The van der Waals surface area contributed by atoms with Gasteiger partial charge < -0.3 is 10.7 Å². The van der Waals surface area contributed by atoms with Crippen LogP contribution >= 0.6 is 0 Å². The largest absolute Gasteiger partial charge is 0.323 e. The summed E-state index contributed by atoms with van der Waals surface area (Å²) in [5, 5.41) is 19.3. The summed E-state index contributed by atoms with van der Waals surface area (Å²) in [5.74, 6) is 1.45. The van der Waals surface area contributed by atoms with E-state index in [1.165, 1.54) is 11.8 Å². The molecule has 1 atom stereocenters. The van der Waals surface area contributed by atoms with Crippen LogP contribution in [0.5, 0.6) is 0 Å². The van der Waals surface area contributed by atoms with Gasteiger partial charge in [-0.05, 0) is 59.7 Å². The van der Waals surface area contributed by atoms with Crippen molar-refractivity contribution in [1.82, 2.24) is 20.2 Å². The van der Waals surface area contributed by atoms with E-state index in [-0.39, 0.29) is 5.92 Å². The quantitative estimate of drug-likeness (QED) is 0.237. The van der Waals surface area contributed by atoms with E-state index in [1.807, 2.05) is 36.5 Å². The molecule has 7 heteroatoms. The predicted molar refractivity (Wildman–Crippen MR) is 139 cm³/mol. The molecule has 1 aromatic carbocycles. The maximum Gasteiger partial charge on any atom is 0.154 e. The maximum absolute atomic E-state index is 7.87. The van der Waals surface area contributed by atoms with Crippen LogP contribution in [0.2, 0.25) is 0 Å². The predicted octanol–water partition coefficient (Wildman–Crippen LogP) is 5.72. The number of aryl methyl sites for hydroxylation is 1. The zero-order chi connectivity index (χ0) is 23.8. The first kappa shape index (κ1) is 23.2. The van der Waals surface area contributed by atoms with Crippen LogP contribution < -0.4 is 5.32 Å². The van der Waals surface area contributed by atoms with E-state index in [9.17, 15) is 0 Å². The van der Waals surface area contributed by atoms with E-state index in [2.05, 4.69) is 63.6 Å². The van der Waals surface area contributed by atoms with Crippen molar-refractivity contribution >= 4 is 35.1 Å². The van der Waals surface area contributed by atoms with Gasteiger partial charge in [0.1, 0.15) is 5.82 Å². The fourth-order valence-corrected chi connectivity index (χ4v) is 3.60. The van der Waals surface area contributed by atoms with Crippen molar-refractivity contribution in [1.29, 1.82) is 5.41 Å². The van der Waals surface area contributed by atoms with Crippen molar-refractivity contribution < 1.29 is 0 Å². The van der Waals surface area contributed by atoms with Gasteiger partial charge >= 0.3 is 0 Å². The Bertz CT molecular complexity index is 1270. The van der Waals surface area contributed by atoms with Gasteiger partial charge in [0.25, 0.3) is 0 Å². The lowest BCUT2D eigenvalue weighted by Crippen LogP contribution is -2.04. The van der Waals surface area contributed by atoms with Crippen LogP contribution in [0, 0.1) is 5.41 Å². The van der Waals surface area contributed by atoms with E-state index in [1.54, 1.807) is 12.4 Å². The number of aliphatic imine (C=N–C) groups is 1. The lowest BCUT2D eigenvalue weighted by molar-refractivity contribution is 0.833. The van der Waals surface area contributed by atoms with E-state index in [0.717, 1.165) is 41.5 Å². The second-order valence-corrected chi connectivity index (χ2v) is 8.49. The van der Waals surface area contributed by atoms with E-state index >= 15 is 0 Å². The molecule has 0 aliphatic carbocycles. The Hall–Kier alpha value is -4.00. The molecule has 3 aromatic heterocycles. The monoisotopic (exact) mass is 451 g/mol. The van der Waals surface area contributed by atoms with Gasteiger partial charge in [-0.25, -0.2) is 4.98 Å². The summed E-state index contributed by atoms with van der Waals surface area (Å²) in [6, 6.07) is 18.2. The summed E-state index contributed by atoms with van der Waals surface area (Å²) in [5.41, 5.74) is 4.86. The molecule has 0 bridgehead atoms. The van der Waals surface area contributed by atoms with Crippen molar-refractivity contribution in [3.8, 4) is 0 Å². The van der Waals surface area contributed by atoms with E-state index in [4.69, 9.17) is 10.4 Å².